The molecule has 0 nitrogen and oxygen atoms in total. The minimum absolute atomic E-state index is 0. The Hall–Kier alpha value is 0.666. The molecule has 0 aromatic carbocycles. The van der Waals surface area contributed by atoms with Crippen LogP contribution >= 0.6 is 0 Å². The molecule has 0 unspecified atom stereocenters. The van der Waals surface area contributed by atoms with Crippen molar-refractivity contribution in [3.63, 3.8) is 0 Å². The summed E-state index contributed by atoms with van der Waals surface area (Å²) in [6, 6.07) is 0. The molecular weight excluding hydrogens is 144 g/mol. The van der Waals surface area contributed by atoms with Gasteiger partial charge in [0.25, 0.3) is 0 Å². The maximum Gasteiger partial charge on any atom is 2.00 e. The summed E-state index contributed by atoms with van der Waals surface area (Å²) in [5.74, 6) is 0. The summed E-state index contributed by atoms with van der Waals surface area (Å²) in [6.07, 6.45) is 7.41. The summed E-state index contributed by atoms with van der Waals surface area (Å²) in [5, 5.41) is 0. The van der Waals surface area contributed by atoms with Crippen LogP contribution in [-0.2, 0) is 0 Å². The van der Waals surface area contributed by atoms with E-state index in [1.165, 1.54) is 25.7 Å². The predicted molar refractivity (Wildman–Crippen MR) is 37.7 cm³/mol. The van der Waals surface area contributed by atoms with E-state index in [1.54, 1.807) is 5.57 Å². The third-order valence-corrected chi connectivity index (χ3v) is 1.53. The molecule has 1 aliphatic carbocycles. The second-order valence-corrected chi connectivity index (χ2v) is 2.07. The van der Waals surface area contributed by atoms with Crippen molar-refractivity contribution in [3.8, 4) is 0 Å². The molecule has 0 aromatic rings. The summed E-state index contributed by atoms with van der Waals surface area (Å²) in [6.45, 7) is 3.71. The van der Waals surface area contributed by atoms with E-state index in [2.05, 4.69) is 6.92 Å². The van der Waals surface area contributed by atoms with Gasteiger partial charge in [0.2, 0.25) is 0 Å². The van der Waals surface area contributed by atoms with E-state index in [0.29, 0.717) is 0 Å². The average molecular weight is 155 g/mol. The van der Waals surface area contributed by atoms with Crippen LogP contribution in [0.5, 0.6) is 0 Å². The van der Waals surface area contributed by atoms with Gasteiger partial charge >= 0.3 is 23.1 Å². The molecular formula is C7H11ClMg. The van der Waals surface area contributed by atoms with E-state index in [0.717, 1.165) is 0 Å². The summed E-state index contributed by atoms with van der Waals surface area (Å²) < 4.78 is 0. The SMILES string of the molecule is [CH2-]C=C1CCCC1.[Cl-].[Mg+2]. The van der Waals surface area contributed by atoms with E-state index < -0.39 is 0 Å². The molecule has 1 rings (SSSR count). The largest absolute Gasteiger partial charge is 2.00 e. The van der Waals surface area contributed by atoms with Gasteiger partial charge < -0.3 is 12.4 Å². The Morgan fingerprint density at radius 2 is 1.67 bits per heavy atom. The Bertz CT molecular complexity index is 80.9. The number of allylic oxidation sites excluding steroid dienone is 2. The van der Waals surface area contributed by atoms with E-state index in [9.17, 15) is 0 Å². The molecule has 0 spiro atoms. The number of hydrogen-bond acceptors (Lipinski definition) is 0. The molecule has 0 amide bonds. The van der Waals surface area contributed by atoms with Gasteiger partial charge in [-0.05, 0) is 0 Å². The van der Waals surface area contributed by atoms with Gasteiger partial charge in [-0.25, -0.2) is 18.6 Å². The first-order chi connectivity index (χ1) is 3.43. The van der Waals surface area contributed by atoms with E-state index in [1.807, 2.05) is 6.08 Å². The Labute approximate surface area is 79.7 Å². The van der Waals surface area contributed by atoms with Crippen molar-refractivity contribution < 1.29 is 12.4 Å². The molecule has 0 atom stereocenters. The van der Waals surface area contributed by atoms with E-state index in [4.69, 9.17) is 0 Å². The fourth-order valence-corrected chi connectivity index (χ4v) is 1.03. The predicted octanol–water partition coefficient (Wildman–Crippen LogP) is -1.06. The van der Waals surface area contributed by atoms with Gasteiger partial charge in [0.15, 0.2) is 0 Å². The Morgan fingerprint density at radius 3 is 1.89 bits per heavy atom. The molecule has 1 aliphatic rings. The molecule has 0 heterocycles. The van der Waals surface area contributed by atoms with Crippen LogP contribution in [-0.4, -0.2) is 23.1 Å². The molecule has 0 aromatic heterocycles. The zero-order valence-corrected chi connectivity index (χ0v) is 7.87. The van der Waals surface area contributed by atoms with Gasteiger partial charge in [-0.2, -0.15) is 0 Å². The third kappa shape index (κ3) is 4.12. The van der Waals surface area contributed by atoms with Gasteiger partial charge in [0.1, 0.15) is 0 Å². The van der Waals surface area contributed by atoms with Gasteiger partial charge in [-0.1, -0.05) is 25.7 Å². The van der Waals surface area contributed by atoms with Crippen LogP contribution in [0.2, 0.25) is 0 Å². The van der Waals surface area contributed by atoms with Gasteiger partial charge in [-0.3, -0.25) is 0 Å². The normalized spacial score (nSPS) is 15.8. The van der Waals surface area contributed by atoms with Crippen LogP contribution in [0.15, 0.2) is 11.6 Å². The molecule has 48 valence electrons. The van der Waals surface area contributed by atoms with Crippen molar-refractivity contribution >= 4 is 23.1 Å². The van der Waals surface area contributed by atoms with Gasteiger partial charge in [-0.15, -0.1) is 0 Å². The Balaban J connectivity index is 0. The minimum atomic E-state index is 0. The first-order valence-corrected chi connectivity index (χ1v) is 2.90. The maximum absolute atomic E-state index is 3.71. The van der Waals surface area contributed by atoms with E-state index >= 15 is 0 Å². The summed E-state index contributed by atoms with van der Waals surface area (Å²) in [4.78, 5) is 0. The maximum atomic E-state index is 3.71. The van der Waals surface area contributed by atoms with Gasteiger partial charge in [0.05, 0.1) is 0 Å². The van der Waals surface area contributed by atoms with Crippen molar-refractivity contribution in [3.05, 3.63) is 18.6 Å². The first-order valence-electron chi connectivity index (χ1n) is 2.90. The van der Waals surface area contributed by atoms with Crippen LogP contribution < -0.4 is 12.4 Å². The van der Waals surface area contributed by atoms with Crippen molar-refractivity contribution in [2.45, 2.75) is 25.7 Å². The number of halogens is 1. The molecule has 0 bridgehead atoms. The molecule has 9 heavy (non-hydrogen) atoms. The van der Waals surface area contributed by atoms with Crippen molar-refractivity contribution in [2.75, 3.05) is 0 Å². The Morgan fingerprint density at radius 1 is 1.22 bits per heavy atom. The molecule has 0 N–H and O–H groups in total. The van der Waals surface area contributed by atoms with Crippen LogP contribution in [0.1, 0.15) is 25.7 Å². The molecule has 0 aliphatic heterocycles. The second kappa shape index (κ2) is 6.78. The summed E-state index contributed by atoms with van der Waals surface area (Å²) in [5.41, 5.74) is 1.56. The molecule has 0 saturated heterocycles. The third-order valence-electron chi connectivity index (χ3n) is 1.53. The monoisotopic (exact) mass is 154 g/mol. The number of hydrogen-bond donors (Lipinski definition) is 0. The standard InChI is InChI=1S/C7H11.ClH.Mg/c1-2-7-5-3-4-6-7;;/h2H,1,3-6H2;1H;/q-1;;+2/p-1. The fraction of sp³-hybridized carbons (Fsp3) is 0.571. The first kappa shape index (κ1) is 12.4. The van der Waals surface area contributed by atoms with Crippen molar-refractivity contribution in [2.24, 2.45) is 0 Å². The van der Waals surface area contributed by atoms with Crippen molar-refractivity contribution in [1.29, 1.82) is 0 Å². The molecule has 1 fully saturated rings. The quantitative estimate of drug-likeness (QED) is 0.309. The average Bonchev–Trinajstić information content (AvgIpc) is 2.14. The zero-order chi connectivity index (χ0) is 5.11. The van der Waals surface area contributed by atoms with Gasteiger partial charge in [0, 0.05) is 0 Å². The molecule has 2 heteroatoms. The Kier molecular flexibility index (Phi) is 9.31. The molecule has 1 saturated carbocycles. The molecule has 0 radical (unpaired) electrons. The zero-order valence-electron chi connectivity index (χ0n) is 5.70. The van der Waals surface area contributed by atoms with Crippen LogP contribution in [0, 0.1) is 6.92 Å². The van der Waals surface area contributed by atoms with Crippen molar-refractivity contribution in [1.82, 2.24) is 0 Å². The minimum Gasteiger partial charge on any atom is -1.00 e. The van der Waals surface area contributed by atoms with Crippen LogP contribution in [0.4, 0.5) is 0 Å². The fourth-order valence-electron chi connectivity index (χ4n) is 1.03. The topological polar surface area (TPSA) is 0 Å². The van der Waals surface area contributed by atoms with E-state index in [-0.39, 0.29) is 35.5 Å². The summed E-state index contributed by atoms with van der Waals surface area (Å²) >= 11 is 0. The summed E-state index contributed by atoms with van der Waals surface area (Å²) in [7, 11) is 0. The van der Waals surface area contributed by atoms with Crippen LogP contribution in [0.25, 0.3) is 0 Å². The second-order valence-electron chi connectivity index (χ2n) is 2.07. The number of rotatable bonds is 0. The van der Waals surface area contributed by atoms with Crippen LogP contribution in [0.3, 0.4) is 0 Å². The smallest absolute Gasteiger partial charge is 1.00 e.